The highest BCUT2D eigenvalue weighted by Gasteiger charge is 2.01. The molecular formula is C14H17N3O2. The fourth-order valence-electron chi connectivity index (χ4n) is 1.88. The lowest BCUT2D eigenvalue weighted by Crippen LogP contribution is -2.21. The van der Waals surface area contributed by atoms with Gasteiger partial charge in [-0.2, -0.15) is 0 Å². The number of hydrogen-bond acceptors (Lipinski definition) is 3. The van der Waals surface area contributed by atoms with E-state index in [1.807, 2.05) is 13.1 Å². The number of imidazole rings is 1. The molecule has 0 aliphatic heterocycles. The van der Waals surface area contributed by atoms with Gasteiger partial charge < -0.3 is 15.0 Å². The van der Waals surface area contributed by atoms with E-state index in [2.05, 4.69) is 27.0 Å². The molecular weight excluding hydrogens is 242 g/mol. The molecule has 0 bridgehead atoms. The molecule has 5 nitrogen and oxygen atoms in total. The Morgan fingerprint density at radius 2 is 2.37 bits per heavy atom. The zero-order valence-corrected chi connectivity index (χ0v) is 10.8. The number of aliphatic carboxylic acids is 1. The summed E-state index contributed by atoms with van der Waals surface area (Å²) in [5.41, 5.74) is 3.26. The Bertz CT molecular complexity index is 589. The van der Waals surface area contributed by atoms with E-state index < -0.39 is 5.97 Å². The van der Waals surface area contributed by atoms with Crippen LogP contribution in [-0.2, 0) is 11.2 Å². The van der Waals surface area contributed by atoms with Crippen molar-refractivity contribution in [2.24, 2.45) is 0 Å². The van der Waals surface area contributed by atoms with Gasteiger partial charge in [0.25, 0.3) is 0 Å². The van der Waals surface area contributed by atoms with Crippen molar-refractivity contribution in [1.82, 2.24) is 14.9 Å². The van der Waals surface area contributed by atoms with Gasteiger partial charge in [-0.1, -0.05) is 12.1 Å². The van der Waals surface area contributed by atoms with E-state index in [0.29, 0.717) is 6.54 Å². The SMILES string of the molecule is CN(C/C=C/C(=O)O)CCc1ccc2nc[nH]c2c1. The van der Waals surface area contributed by atoms with Crippen LogP contribution in [0.3, 0.4) is 0 Å². The van der Waals surface area contributed by atoms with Gasteiger partial charge in [-0.25, -0.2) is 9.78 Å². The second-order valence-electron chi connectivity index (χ2n) is 4.51. The molecule has 0 amide bonds. The van der Waals surface area contributed by atoms with Crippen LogP contribution in [-0.4, -0.2) is 46.1 Å². The molecule has 1 aromatic carbocycles. The average Bonchev–Trinajstić information content (AvgIpc) is 2.83. The number of aromatic amines is 1. The second kappa shape index (κ2) is 6.15. The number of fused-ring (bicyclic) bond motifs is 1. The van der Waals surface area contributed by atoms with Crippen LogP contribution in [0.4, 0.5) is 0 Å². The van der Waals surface area contributed by atoms with Crippen molar-refractivity contribution in [3.05, 3.63) is 42.2 Å². The van der Waals surface area contributed by atoms with Crippen LogP contribution in [0.15, 0.2) is 36.7 Å². The Morgan fingerprint density at radius 3 is 3.16 bits per heavy atom. The lowest BCUT2D eigenvalue weighted by molar-refractivity contribution is -0.131. The highest BCUT2D eigenvalue weighted by Crippen LogP contribution is 2.12. The van der Waals surface area contributed by atoms with Gasteiger partial charge in [-0.15, -0.1) is 0 Å². The number of hydrogen-bond donors (Lipinski definition) is 2. The first kappa shape index (κ1) is 13.3. The standard InChI is InChI=1S/C14H17N3O2/c1-17(7-2-3-14(18)19)8-6-11-4-5-12-13(9-11)16-10-15-12/h2-5,9-10H,6-8H2,1H3,(H,15,16)(H,18,19)/b3-2+. The van der Waals surface area contributed by atoms with E-state index in [0.717, 1.165) is 24.0 Å². The summed E-state index contributed by atoms with van der Waals surface area (Å²) in [6.45, 7) is 1.52. The van der Waals surface area contributed by atoms with Crippen LogP contribution >= 0.6 is 0 Å². The first-order valence-electron chi connectivity index (χ1n) is 6.15. The molecule has 2 N–H and O–H groups in total. The topological polar surface area (TPSA) is 69.2 Å². The van der Waals surface area contributed by atoms with E-state index in [1.165, 1.54) is 11.6 Å². The lowest BCUT2D eigenvalue weighted by Gasteiger charge is -2.13. The smallest absolute Gasteiger partial charge is 0.328 e. The van der Waals surface area contributed by atoms with Crippen LogP contribution in [0.5, 0.6) is 0 Å². The lowest BCUT2D eigenvalue weighted by atomic mass is 10.1. The minimum absolute atomic E-state index is 0.638. The Hall–Kier alpha value is -2.14. The van der Waals surface area contributed by atoms with E-state index >= 15 is 0 Å². The number of likely N-dealkylation sites (N-methyl/N-ethyl adjacent to an activating group) is 1. The van der Waals surface area contributed by atoms with Crippen molar-refractivity contribution in [2.75, 3.05) is 20.1 Å². The summed E-state index contributed by atoms with van der Waals surface area (Å²) in [5.74, 6) is -0.905. The van der Waals surface area contributed by atoms with Gasteiger partial charge in [0.15, 0.2) is 0 Å². The number of carbonyl (C=O) groups is 1. The van der Waals surface area contributed by atoms with Crippen LogP contribution in [0.25, 0.3) is 11.0 Å². The minimum Gasteiger partial charge on any atom is -0.478 e. The summed E-state index contributed by atoms with van der Waals surface area (Å²) in [4.78, 5) is 19.7. The molecule has 0 aliphatic carbocycles. The maximum Gasteiger partial charge on any atom is 0.328 e. The van der Waals surface area contributed by atoms with Crippen molar-refractivity contribution in [1.29, 1.82) is 0 Å². The third-order valence-corrected chi connectivity index (χ3v) is 2.94. The highest BCUT2D eigenvalue weighted by atomic mass is 16.4. The van der Waals surface area contributed by atoms with Gasteiger partial charge in [0, 0.05) is 19.2 Å². The van der Waals surface area contributed by atoms with Crippen molar-refractivity contribution in [3.63, 3.8) is 0 Å². The molecule has 1 aromatic heterocycles. The average molecular weight is 259 g/mol. The molecule has 0 radical (unpaired) electrons. The van der Waals surface area contributed by atoms with Gasteiger partial charge in [0.1, 0.15) is 0 Å². The van der Waals surface area contributed by atoms with Gasteiger partial charge in [0.05, 0.1) is 17.4 Å². The van der Waals surface area contributed by atoms with Gasteiger partial charge in [-0.05, 0) is 31.2 Å². The molecule has 2 rings (SSSR count). The summed E-state index contributed by atoms with van der Waals surface area (Å²) in [6, 6.07) is 6.18. The largest absolute Gasteiger partial charge is 0.478 e. The van der Waals surface area contributed by atoms with E-state index in [9.17, 15) is 4.79 Å². The number of nitrogens with zero attached hydrogens (tertiary/aromatic N) is 2. The number of aromatic nitrogens is 2. The zero-order valence-electron chi connectivity index (χ0n) is 10.8. The molecule has 0 fully saturated rings. The summed E-state index contributed by atoms with van der Waals surface area (Å²) in [7, 11) is 1.97. The van der Waals surface area contributed by atoms with E-state index in [1.54, 1.807) is 12.4 Å². The fraction of sp³-hybridized carbons (Fsp3) is 0.286. The molecule has 0 aliphatic rings. The molecule has 0 atom stereocenters. The van der Waals surface area contributed by atoms with Gasteiger partial charge in [0.2, 0.25) is 0 Å². The Kier molecular flexibility index (Phi) is 4.30. The van der Waals surface area contributed by atoms with Crippen LogP contribution in [0.1, 0.15) is 5.56 Å². The first-order valence-corrected chi connectivity index (χ1v) is 6.15. The molecule has 0 spiro atoms. The monoisotopic (exact) mass is 259 g/mol. The number of nitrogens with one attached hydrogen (secondary N) is 1. The highest BCUT2D eigenvalue weighted by molar-refractivity contribution is 5.79. The number of H-pyrrole nitrogens is 1. The predicted molar refractivity (Wildman–Crippen MR) is 74.1 cm³/mol. The number of benzene rings is 1. The van der Waals surface area contributed by atoms with Crippen molar-refractivity contribution >= 4 is 17.0 Å². The predicted octanol–water partition coefficient (Wildman–Crippen LogP) is 1.68. The molecule has 0 unspecified atom stereocenters. The van der Waals surface area contributed by atoms with Gasteiger partial charge in [-0.3, -0.25) is 0 Å². The molecule has 100 valence electrons. The normalized spacial score (nSPS) is 11.7. The molecule has 19 heavy (non-hydrogen) atoms. The Labute approximate surface area is 111 Å². The summed E-state index contributed by atoms with van der Waals surface area (Å²) >= 11 is 0. The molecule has 0 saturated heterocycles. The molecule has 0 saturated carbocycles. The van der Waals surface area contributed by atoms with Crippen molar-refractivity contribution in [3.8, 4) is 0 Å². The van der Waals surface area contributed by atoms with Crippen LogP contribution < -0.4 is 0 Å². The number of rotatable bonds is 6. The third kappa shape index (κ3) is 3.93. The van der Waals surface area contributed by atoms with Crippen molar-refractivity contribution < 1.29 is 9.90 Å². The van der Waals surface area contributed by atoms with Crippen LogP contribution in [0.2, 0.25) is 0 Å². The summed E-state index contributed by atoms with van der Waals surface area (Å²) in [6.07, 6.45) is 5.44. The first-order chi connectivity index (χ1) is 9.15. The summed E-state index contributed by atoms with van der Waals surface area (Å²) in [5, 5.41) is 8.50. The summed E-state index contributed by atoms with van der Waals surface area (Å²) < 4.78 is 0. The molecule has 5 heteroatoms. The Morgan fingerprint density at radius 1 is 1.53 bits per heavy atom. The molecule has 2 aromatic rings. The van der Waals surface area contributed by atoms with Crippen molar-refractivity contribution in [2.45, 2.75) is 6.42 Å². The number of carboxylic acids is 1. The second-order valence-corrected chi connectivity index (χ2v) is 4.51. The van der Waals surface area contributed by atoms with E-state index in [-0.39, 0.29) is 0 Å². The maximum absolute atomic E-state index is 10.3. The zero-order chi connectivity index (χ0) is 13.7. The minimum atomic E-state index is -0.905. The third-order valence-electron chi connectivity index (χ3n) is 2.94. The van der Waals surface area contributed by atoms with Crippen LogP contribution in [0, 0.1) is 0 Å². The van der Waals surface area contributed by atoms with E-state index in [4.69, 9.17) is 5.11 Å². The Balaban J connectivity index is 1.85. The number of carboxylic acid groups (broad SMARTS) is 1. The molecule has 1 heterocycles. The quantitative estimate of drug-likeness (QED) is 0.774. The maximum atomic E-state index is 10.3. The van der Waals surface area contributed by atoms with Gasteiger partial charge >= 0.3 is 5.97 Å². The fourth-order valence-corrected chi connectivity index (χ4v) is 1.88.